The highest BCUT2D eigenvalue weighted by atomic mass is 16.5. The number of rotatable bonds is 6. The summed E-state index contributed by atoms with van der Waals surface area (Å²) in [6.07, 6.45) is 3.13. The van der Waals surface area contributed by atoms with Crippen molar-refractivity contribution >= 4 is 5.78 Å². The summed E-state index contributed by atoms with van der Waals surface area (Å²) in [7, 11) is 1.66. The summed E-state index contributed by atoms with van der Waals surface area (Å²) in [5.74, 6) is 2.24. The Balaban J connectivity index is 2.00. The van der Waals surface area contributed by atoms with Crippen molar-refractivity contribution in [3.63, 3.8) is 0 Å². The molecule has 1 aliphatic heterocycles. The van der Waals surface area contributed by atoms with E-state index in [1.807, 2.05) is 18.2 Å². The monoisotopic (exact) mass is 303 g/mol. The van der Waals surface area contributed by atoms with Crippen LogP contribution in [0.25, 0.3) is 0 Å². The fourth-order valence-corrected chi connectivity index (χ4v) is 3.08. The summed E-state index contributed by atoms with van der Waals surface area (Å²) in [5.41, 5.74) is 1.96. The molecule has 122 valence electrons. The van der Waals surface area contributed by atoms with Crippen molar-refractivity contribution in [3.8, 4) is 5.75 Å². The lowest BCUT2D eigenvalue weighted by molar-refractivity contribution is 0.0951. The lowest BCUT2D eigenvalue weighted by Gasteiger charge is -2.30. The molecule has 0 aromatic heterocycles. The number of carbonyl (C=O) groups excluding carboxylic acids is 1. The van der Waals surface area contributed by atoms with E-state index in [2.05, 4.69) is 25.7 Å². The van der Waals surface area contributed by atoms with E-state index in [9.17, 15) is 4.79 Å². The first-order valence-corrected chi connectivity index (χ1v) is 8.44. The highest BCUT2D eigenvalue weighted by Crippen LogP contribution is 2.26. The van der Waals surface area contributed by atoms with Crippen LogP contribution in [0.2, 0.25) is 0 Å². The zero-order valence-electron chi connectivity index (χ0n) is 14.4. The van der Waals surface area contributed by atoms with Crippen molar-refractivity contribution in [2.75, 3.05) is 26.7 Å². The van der Waals surface area contributed by atoms with Gasteiger partial charge in [-0.15, -0.1) is 0 Å². The van der Waals surface area contributed by atoms with Crippen LogP contribution in [-0.4, -0.2) is 37.4 Å². The number of hydrogen-bond acceptors (Lipinski definition) is 3. The quantitative estimate of drug-likeness (QED) is 0.740. The summed E-state index contributed by atoms with van der Waals surface area (Å²) in [6, 6.07) is 5.82. The molecule has 0 amide bonds. The predicted molar refractivity (Wildman–Crippen MR) is 90.9 cm³/mol. The topological polar surface area (TPSA) is 29.5 Å². The zero-order chi connectivity index (χ0) is 16.1. The molecule has 22 heavy (non-hydrogen) atoms. The average molecular weight is 303 g/mol. The Kier molecular flexibility index (Phi) is 6.01. The molecule has 3 nitrogen and oxygen atoms in total. The van der Waals surface area contributed by atoms with Gasteiger partial charge in [-0.2, -0.15) is 0 Å². The van der Waals surface area contributed by atoms with E-state index in [-0.39, 0.29) is 5.78 Å². The van der Waals surface area contributed by atoms with Gasteiger partial charge in [-0.25, -0.2) is 0 Å². The molecule has 0 N–H and O–H groups in total. The molecule has 1 aromatic rings. The number of ketones is 1. The Bertz CT molecular complexity index is 502. The maximum Gasteiger partial charge on any atom is 0.164 e. The predicted octanol–water partition coefficient (Wildman–Crippen LogP) is 4.12. The maximum atomic E-state index is 12.6. The van der Waals surface area contributed by atoms with Gasteiger partial charge in [0.2, 0.25) is 0 Å². The molecular weight excluding hydrogens is 274 g/mol. The second-order valence-corrected chi connectivity index (χ2v) is 6.81. The van der Waals surface area contributed by atoms with Gasteiger partial charge >= 0.3 is 0 Å². The van der Waals surface area contributed by atoms with E-state index in [1.165, 1.54) is 12.8 Å². The average Bonchev–Trinajstić information content (AvgIpc) is 2.53. The lowest BCUT2D eigenvalue weighted by Crippen LogP contribution is -2.34. The SMILES string of the molecule is COc1ccc(C(=O)CCN2CCC(C)CC2)c(C(C)C)c1. The van der Waals surface area contributed by atoms with Crippen LogP contribution in [0.3, 0.4) is 0 Å². The first-order valence-electron chi connectivity index (χ1n) is 8.44. The van der Waals surface area contributed by atoms with Gasteiger partial charge < -0.3 is 9.64 Å². The number of likely N-dealkylation sites (tertiary alicyclic amines) is 1. The van der Waals surface area contributed by atoms with E-state index in [0.717, 1.165) is 42.4 Å². The fraction of sp³-hybridized carbons (Fsp3) is 0.632. The Morgan fingerprint density at radius 1 is 1.32 bits per heavy atom. The van der Waals surface area contributed by atoms with Crippen LogP contribution in [0.4, 0.5) is 0 Å². The number of methoxy groups -OCH3 is 1. The minimum absolute atomic E-state index is 0.255. The van der Waals surface area contributed by atoms with Crippen LogP contribution < -0.4 is 4.74 Å². The second kappa shape index (κ2) is 7.77. The van der Waals surface area contributed by atoms with Gasteiger partial charge in [0.25, 0.3) is 0 Å². The molecule has 0 bridgehead atoms. The minimum Gasteiger partial charge on any atom is -0.497 e. The molecular formula is C19H29NO2. The standard InChI is InChI=1S/C19H29NO2/c1-14(2)18-13-16(22-4)5-6-17(18)19(21)9-12-20-10-7-15(3)8-11-20/h5-6,13-15H,7-12H2,1-4H3. The summed E-state index contributed by atoms with van der Waals surface area (Å²) >= 11 is 0. The van der Waals surface area contributed by atoms with Crippen molar-refractivity contribution in [3.05, 3.63) is 29.3 Å². The van der Waals surface area contributed by atoms with E-state index in [1.54, 1.807) is 7.11 Å². The van der Waals surface area contributed by atoms with Crippen molar-refractivity contribution in [1.82, 2.24) is 4.90 Å². The molecule has 0 unspecified atom stereocenters. The Morgan fingerprint density at radius 3 is 2.59 bits per heavy atom. The van der Waals surface area contributed by atoms with Crippen LogP contribution in [0.1, 0.15) is 61.9 Å². The molecule has 0 saturated carbocycles. The van der Waals surface area contributed by atoms with Gasteiger partial charge in [0.05, 0.1) is 7.11 Å². The van der Waals surface area contributed by atoms with E-state index < -0.39 is 0 Å². The van der Waals surface area contributed by atoms with Gasteiger partial charge in [0.15, 0.2) is 5.78 Å². The number of nitrogens with zero attached hydrogens (tertiary/aromatic N) is 1. The van der Waals surface area contributed by atoms with Gasteiger partial charge in [0, 0.05) is 18.5 Å². The lowest BCUT2D eigenvalue weighted by atomic mass is 9.93. The maximum absolute atomic E-state index is 12.6. The summed E-state index contributed by atoms with van der Waals surface area (Å²) < 4.78 is 5.29. The fourth-order valence-electron chi connectivity index (χ4n) is 3.08. The van der Waals surface area contributed by atoms with Gasteiger partial charge in [-0.3, -0.25) is 4.79 Å². The highest BCUT2D eigenvalue weighted by Gasteiger charge is 2.19. The smallest absolute Gasteiger partial charge is 0.164 e. The molecule has 1 aromatic carbocycles. The molecule has 1 saturated heterocycles. The molecule has 0 aliphatic carbocycles. The van der Waals surface area contributed by atoms with Gasteiger partial charge in [-0.05, 0) is 61.5 Å². The van der Waals surface area contributed by atoms with Crippen molar-refractivity contribution in [2.24, 2.45) is 5.92 Å². The molecule has 1 fully saturated rings. The molecule has 0 atom stereocenters. The number of Topliss-reactive ketones (excluding diaryl/α,β-unsaturated/α-hetero) is 1. The summed E-state index contributed by atoms with van der Waals surface area (Å²) in [4.78, 5) is 15.0. The largest absolute Gasteiger partial charge is 0.497 e. The van der Waals surface area contributed by atoms with Crippen molar-refractivity contribution in [2.45, 2.75) is 46.0 Å². The summed E-state index contributed by atoms with van der Waals surface area (Å²) in [6.45, 7) is 9.71. The van der Waals surface area contributed by atoms with Gasteiger partial charge in [-0.1, -0.05) is 20.8 Å². The first kappa shape index (κ1) is 17.0. The van der Waals surface area contributed by atoms with Crippen LogP contribution in [0.5, 0.6) is 5.75 Å². The summed E-state index contributed by atoms with van der Waals surface area (Å²) in [5, 5.41) is 0. The van der Waals surface area contributed by atoms with Crippen LogP contribution >= 0.6 is 0 Å². The van der Waals surface area contributed by atoms with Crippen molar-refractivity contribution in [1.29, 1.82) is 0 Å². The van der Waals surface area contributed by atoms with Crippen LogP contribution in [0.15, 0.2) is 18.2 Å². The molecule has 1 aliphatic rings. The van der Waals surface area contributed by atoms with Crippen molar-refractivity contribution < 1.29 is 9.53 Å². The molecule has 2 rings (SSSR count). The van der Waals surface area contributed by atoms with Crippen LogP contribution in [0, 0.1) is 5.92 Å². The normalized spacial score (nSPS) is 17.0. The Hall–Kier alpha value is -1.35. The van der Waals surface area contributed by atoms with Gasteiger partial charge in [0.1, 0.15) is 5.75 Å². The number of hydrogen-bond donors (Lipinski definition) is 0. The number of carbonyl (C=O) groups is 1. The zero-order valence-corrected chi connectivity index (χ0v) is 14.4. The minimum atomic E-state index is 0.255. The molecule has 0 radical (unpaired) electrons. The van der Waals surface area contributed by atoms with Crippen LogP contribution in [-0.2, 0) is 0 Å². The molecule has 0 spiro atoms. The molecule has 1 heterocycles. The third-order valence-electron chi connectivity index (χ3n) is 4.71. The molecule has 3 heteroatoms. The number of benzene rings is 1. The van der Waals surface area contributed by atoms with E-state index in [4.69, 9.17) is 4.74 Å². The van der Waals surface area contributed by atoms with E-state index >= 15 is 0 Å². The number of piperidine rings is 1. The Morgan fingerprint density at radius 2 is 2.00 bits per heavy atom. The second-order valence-electron chi connectivity index (χ2n) is 6.81. The third kappa shape index (κ3) is 4.33. The first-order chi connectivity index (χ1) is 10.5. The highest BCUT2D eigenvalue weighted by molar-refractivity contribution is 5.98. The number of ether oxygens (including phenoxy) is 1. The Labute approximate surface area is 134 Å². The van der Waals surface area contributed by atoms with E-state index in [0.29, 0.717) is 12.3 Å². The third-order valence-corrected chi connectivity index (χ3v) is 4.71.